The highest BCUT2D eigenvalue weighted by Gasteiger charge is 2.11. The molecule has 2 aromatic carbocycles. The van der Waals surface area contributed by atoms with Crippen LogP contribution in [0, 0.1) is 0 Å². The van der Waals surface area contributed by atoms with Crippen LogP contribution in [0.4, 0.5) is 5.69 Å². The lowest BCUT2D eigenvalue weighted by molar-refractivity contribution is -0.118. The Hall–Kier alpha value is -2.62. The van der Waals surface area contributed by atoms with Crippen molar-refractivity contribution >= 4 is 17.6 Å². The molecule has 0 radical (unpaired) electrons. The van der Waals surface area contributed by atoms with E-state index in [1.54, 1.807) is 24.1 Å². The minimum atomic E-state index is -0.973. The number of carbonyl (C=O) groups excluding carboxylic acids is 1. The van der Waals surface area contributed by atoms with Gasteiger partial charge in [0.25, 0.3) is 0 Å². The molecule has 1 amide bonds. The summed E-state index contributed by atoms with van der Waals surface area (Å²) in [6.07, 6.45) is 1.11. The zero-order chi connectivity index (χ0) is 15.2. The molecule has 21 heavy (non-hydrogen) atoms. The molecule has 0 heterocycles. The lowest BCUT2D eigenvalue weighted by Gasteiger charge is -2.17. The second-order valence-corrected chi connectivity index (χ2v) is 4.79. The van der Waals surface area contributed by atoms with Crippen molar-refractivity contribution in [3.05, 3.63) is 65.7 Å². The summed E-state index contributed by atoms with van der Waals surface area (Å²) in [7, 11) is 1.70. The van der Waals surface area contributed by atoms with E-state index < -0.39 is 5.97 Å². The lowest BCUT2D eigenvalue weighted by atomic mass is 10.1. The van der Waals surface area contributed by atoms with Crippen LogP contribution >= 0.6 is 0 Å². The molecule has 0 fully saturated rings. The topological polar surface area (TPSA) is 57.6 Å². The zero-order valence-electron chi connectivity index (χ0n) is 11.8. The van der Waals surface area contributed by atoms with Gasteiger partial charge in [0.1, 0.15) is 0 Å². The predicted molar refractivity (Wildman–Crippen MR) is 81.6 cm³/mol. The number of amides is 1. The van der Waals surface area contributed by atoms with Crippen LogP contribution in [0.3, 0.4) is 0 Å². The fourth-order valence-electron chi connectivity index (χ4n) is 2.04. The number of aromatic carboxylic acids is 1. The standard InChI is InChI=1S/C17H17NO3/c1-18(15-10-8-14(9-11-15)17(20)21)16(19)12-7-13-5-3-2-4-6-13/h2-6,8-11H,7,12H2,1H3,(H,20,21). The summed E-state index contributed by atoms with van der Waals surface area (Å²) >= 11 is 0. The minimum absolute atomic E-state index is 0.00179. The molecule has 0 bridgehead atoms. The van der Waals surface area contributed by atoms with E-state index in [0.717, 1.165) is 5.56 Å². The molecule has 108 valence electrons. The largest absolute Gasteiger partial charge is 0.478 e. The molecule has 0 aliphatic carbocycles. The van der Waals surface area contributed by atoms with Gasteiger partial charge in [-0.05, 0) is 36.2 Å². The quantitative estimate of drug-likeness (QED) is 0.917. The van der Waals surface area contributed by atoms with Gasteiger partial charge in [-0.1, -0.05) is 30.3 Å². The number of nitrogens with zero attached hydrogens (tertiary/aromatic N) is 1. The third-order valence-corrected chi connectivity index (χ3v) is 3.35. The van der Waals surface area contributed by atoms with Gasteiger partial charge >= 0.3 is 5.97 Å². The number of anilines is 1. The first-order valence-electron chi connectivity index (χ1n) is 6.72. The fraction of sp³-hybridized carbons (Fsp3) is 0.176. The Bertz CT molecular complexity index is 620. The van der Waals surface area contributed by atoms with Crippen molar-refractivity contribution in [2.75, 3.05) is 11.9 Å². The molecular formula is C17H17NO3. The van der Waals surface area contributed by atoms with Gasteiger partial charge in [0, 0.05) is 19.2 Å². The summed E-state index contributed by atoms with van der Waals surface area (Å²) in [5.74, 6) is -0.971. The first kappa shape index (κ1) is 14.8. The monoisotopic (exact) mass is 283 g/mol. The Balaban J connectivity index is 1.97. The summed E-state index contributed by atoms with van der Waals surface area (Å²) < 4.78 is 0. The van der Waals surface area contributed by atoms with E-state index in [0.29, 0.717) is 18.5 Å². The van der Waals surface area contributed by atoms with E-state index in [4.69, 9.17) is 5.11 Å². The predicted octanol–water partition coefficient (Wildman–Crippen LogP) is 2.98. The maximum absolute atomic E-state index is 12.1. The third-order valence-electron chi connectivity index (χ3n) is 3.35. The van der Waals surface area contributed by atoms with Crippen molar-refractivity contribution in [2.24, 2.45) is 0 Å². The van der Waals surface area contributed by atoms with Crippen LogP contribution < -0.4 is 4.90 Å². The van der Waals surface area contributed by atoms with Crippen LogP contribution in [0.25, 0.3) is 0 Å². The molecule has 0 saturated heterocycles. The molecule has 1 N–H and O–H groups in total. The molecular weight excluding hydrogens is 266 g/mol. The number of aryl methyl sites for hydroxylation is 1. The SMILES string of the molecule is CN(C(=O)CCc1ccccc1)c1ccc(C(=O)O)cc1. The number of carbonyl (C=O) groups is 2. The number of hydrogen-bond acceptors (Lipinski definition) is 2. The Labute approximate surface area is 123 Å². The van der Waals surface area contributed by atoms with E-state index in [-0.39, 0.29) is 11.5 Å². The van der Waals surface area contributed by atoms with Gasteiger partial charge in [-0.25, -0.2) is 4.79 Å². The Morgan fingerprint density at radius 3 is 2.19 bits per heavy atom. The van der Waals surface area contributed by atoms with Crippen molar-refractivity contribution in [3.63, 3.8) is 0 Å². The van der Waals surface area contributed by atoms with Gasteiger partial charge in [-0.15, -0.1) is 0 Å². The molecule has 4 heteroatoms. The number of carboxylic acid groups (broad SMARTS) is 1. The maximum Gasteiger partial charge on any atom is 0.335 e. The van der Waals surface area contributed by atoms with Gasteiger partial charge in [-0.3, -0.25) is 4.79 Å². The van der Waals surface area contributed by atoms with Crippen LogP contribution in [-0.2, 0) is 11.2 Å². The molecule has 0 aliphatic heterocycles. The van der Waals surface area contributed by atoms with Crippen LogP contribution in [0.15, 0.2) is 54.6 Å². The Morgan fingerprint density at radius 1 is 1.00 bits per heavy atom. The number of hydrogen-bond donors (Lipinski definition) is 1. The van der Waals surface area contributed by atoms with Crippen molar-refractivity contribution < 1.29 is 14.7 Å². The maximum atomic E-state index is 12.1. The van der Waals surface area contributed by atoms with Crippen molar-refractivity contribution in [3.8, 4) is 0 Å². The molecule has 4 nitrogen and oxygen atoms in total. The van der Waals surface area contributed by atoms with E-state index in [1.165, 1.54) is 12.1 Å². The van der Waals surface area contributed by atoms with Crippen LogP contribution in [0.1, 0.15) is 22.3 Å². The second kappa shape index (κ2) is 6.70. The molecule has 0 aromatic heterocycles. The summed E-state index contributed by atoms with van der Waals surface area (Å²) in [5, 5.41) is 8.85. The van der Waals surface area contributed by atoms with Gasteiger partial charge < -0.3 is 10.0 Å². The minimum Gasteiger partial charge on any atom is -0.478 e. The Kier molecular flexibility index (Phi) is 4.72. The zero-order valence-corrected chi connectivity index (χ0v) is 11.8. The highest BCUT2D eigenvalue weighted by molar-refractivity contribution is 5.94. The van der Waals surface area contributed by atoms with Gasteiger partial charge in [-0.2, -0.15) is 0 Å². The summed E-state index contributed by atoms with van der Waals surface area (Å²) in [6, 6.07) is 16.1. The van der Waals surface area contributed by atoms with Gasteiger partial charge in [0.05, 0.1) is 5.56 Å². The van der Waals surface area contributed by atoms with Gasteiger partial charge in [0.2, 0.25) is 5.91 Å². The Morgan fingerprint density at radius 2 is 1.62 bits per heavy atom. The van der Waals surface area contributed by atoms with Crippen LogP contribution in [0.2, 0.25) is 0 Å². The first-order valence-corrected chi connectivity index (χ1v) is 6.72. The third kappa shape index (κ3) is 3.92. The van der Waals surface area contributed by atoms with E-state index in [2.05, 4.69) is 0 Å². The second-order valence-electron chi connectivity index (χ2n) is 4.79. The molecule has 0 saturated carbocycles. The molecule has 0 unspecified atom stereocenters. The molecule has 0 atom stereocenters. The summed E-state index contributed by atoms with van der Waals surface area (Å²) in [5.41, 5.74) is 2.03. The summed E-state index contributed by atoms with van der Waals surface area (Å²) in [6.45, 7) is 0. The van der Waals surface area contributed by atoms with Crippen LogP contribution in [0.5, 0.6) is 0 Å². The molecule has 2 rings (SSSR count). The van der Waals surface area contributed by atoms with Crippen molar-refractivity contribution in [1.82, 2.24) is 0 Å². The highest BCUT2D eigenvalue weighted by atomic mass is 16.4. The summed E-state index contributed by atoms with van der Waals surface area (Å²) in [4.78, 5) is 24.5. The lowest BCUT2D eigenvalue weighted by Crippen LogP contribution is -2.26. The number of rotatable bonds is 5. The smallest absolute Gasteiger partial charge is 0.335 e. The average Bonchev–Trinajstić information content (AvgIpc) is 2.53. The highest BCUT2D eigenvalue weighted by Crippen LogP contribution is 2.15. The van der Waals surface area contributed by atoms with Crippen LogP contribution in [-0.4, -0.2) is 24.0 Å². The molecule has 0 spiro atoms. The van der Waals surface area contributed by atoms with E-state index >= 15 is 0 Å². The van der Waals surface area contributed by atoms with Crippen molar-refractivity contribution in [1.29, 1.82) is 0 Å². The molecule has 2 aromatic rings. The number of carboxylic acids is 1. The normalized spacial score (nSPS) is 10.1. The van der Waals surface area contributed by atoms with E-state index in [1.807, 2.05) is 30.3 Å². The van der Waals surface area contributed by atoms with Crippen molar-refractivity contribution in [2.45, 2.75) is 12.8 Å². The average molecular weight is 283 g/mol. The van der Waals surface area contributed by atoms with Gasteiger partial charge in [0.15, 0.2) is 0 Å². The first-order chi connectivity index (χ1) is 10.1. The number of benzene rings is 2. The molecule has 0 aliphatic rings. The fourth-order valence-corrected chi connectivity index (χ4v) is 2.04. The van der Waals surface area contributed by atoms with E-state index in [9.17, 15) is 9.59 Å².